The van der Waals surface area contributed by atoms with Crippen LogP contribution in [0.15, 0.2) is 63.8 Å². The molecule has 0 amide bonds. The van der Waals surface area contributed by atoms with E-state index in [1.807, 2.05) is 0 Å². The molecule has 0 fully saturated rings. The molecule has 1 heterocycles. The van der Waals surface area contributed by atoms with Gasteiger partial charge in [0.2, 0.25) is 0 Å². The highest BCUT2D eigenvalue weighted by Gasteiger charge is 2.23. The van der Waals surface area contributed by atoms with E-state index in [-0.39, 0.29) is 33.6 Å². The van der Waals surface area contributed by atoms with E-state index in [0.29, 0.717) is 22.1 Å². The van der Waals surface area contributed by atoms with Crippen molar-refractivity contribution in [3.8, 4) is 28.2 Å². The summed E-state index contributed by atoms with van der Waals surface area (Å²) in [5.41, 5.74) is 1.44. The summed E-state index contributed by atoms with van der Waals surface area (Å²) in [5.74, 6) is -1.60. The number of esters is 1. The fraction of sp³-hybridized carbons (Fsp3) is 0.0455. The predicted molar refractivity (Wildman–Crippen MR) is 105 cm³/mol. The van der Waals surface area contributed by atoms with Crippen molar-refractivity contribution in [1.82, 2.24) is 0 Å². The number of carbonyl (C=O) groups excluding carboxylic acids is 1. The first kappa shape index (κ1) is 18.2. The first-order valence-corrected chi connectivity index (χ1v) is 8.54. The number of hydrogen-bond donors (Lipinski definition) is 2. The van der Waals surface area contributed by atoms with Crippen LogP contribution < -0.4 is 5.43 Å². The fourth-order valence-corrected chi connectivity index (χ4v) is 3.32. The lowest BCUT2D eigenvalue weighted by atomic mass is 9.89. The van der Waals surface area contributed by atoms with Crippen molar-refractivity contribution in [3.63, 3.8) is 0 Å². The summed E-state index contributed by atoms with van der Waals surface area (Å²) in [4.78, 5) is 35.8. The lowest BCUT2D eigenvalue weighted by Crippen LogP contribution is -2.07. The zero-order valence-electron chi connectivity index (χ0n) is 15.1. The van der Waals surface area contributed by atoms with E-state index in [4.69, 9.17) is 9.15 Å². The van der Waals surface area contributed by atoms with Gasteiger partial charge in [0.05, 0.1) is 18.2 Å². The summed E-state index contributed by atoms with van der Waals surface area (Å²) in [7, 11) is 1.23. The summed E-state index contributed by atoms with van der Waals surface area (Å²) in [6, 6.07) is 12.7. The largest absolute Gasteiger partial charge is 0.508 e. The molecule has 7 nitrogen and oxygen atoms in total. The Morgan fingerprint density at radius 2 is 1.76 bits per heavy atom. The van der Waals surface area contributed by atoms with E-state index in [1.165, 1.54) is 49.6 Å². The Bertz CT molecular complexity index is 1320. The molecule has 1 aliphatic carbocycles. The Morgan fingerprint density at radius 3 is 2.48 bits per heavy atom. The van der Waals surface area contributed by atoms with Gasteiger partial charge in [-0.15, -0.1) is 0 Å². The number of phenols is 1. The molecule has 0 spiro atoms. The number of benzene rings is 3. The molecule has 2 aromatic rings. The maximum atomic E-state index is 12.4. The molecular weight excluding hydrogens is 376 g/mol. The smallest absolute Gasteiger partial charge is 0.338 e. The van der Waals surface area contributed by atoms with Crippen molar-refractivity contribution >= 4 is 22.9 Å². The van der Waals surface area contributed by atoms with Gasteiger partial charge < -0.3 is 19.4 Å². The van der Waals surface area contributed by atoms with Gasteiger partial charge in [-0.3, -0.25) is 4.79 Å². The van der Waals surface area contributed by atoms with E-state index in [0.717, 1.165) is 0 Å². The third-order valence-electron chi connectivity index (χ3n) is 4.62. The van der Waals surface area contributed by atoms with Crippen LogP contribution in [0.25, 0.3) is 33.4 Å². The molecule has 0 saturated heterocycles. The SMILES string of the molecule is COC(=O)c1ccc(C(=O)O)cc1-c1c2ccc(=O)cc-2oc2cc(O)ccc12. The molecule has 1 aliphatic heterocycles. The molecule has 0 atom stereocenters. The molecular formula is C22H14O7. The third-order valence-corrected chi connectivity index (χ3v) is 4.62. The van der Waals surface area contributed by atoms with E-state index < -0.39 is 11.9 Å². The van der Waals surface area contributed by atoms with Gasteiger partial charge in [-0.25, -0.2) is 9.59 Å². The number of rotatable bonds is 3. The summed E-state index contributed by atoms with van der Waals surface area (Å²) >= 11 is 0. The first-order valence-electron chi connectivity index (χ1n) is 8.54. The van der Waals surface area contributed by atoms with Crippen LogP contribution in [0.2, 0.25) is 0 Å². The molecule has 4 rings (SSSR count). The normalized spacial score (nSPS) is 10.9. The lowest BCUT2D eigenvalue weighted by Gasteiger charge is -2.17. The van der Waals surface area contributed by atoms with Crippen LogP contribution in [0.5, 0.6) is 5.75 Å². The number of hydrogen-bond acceptors (Lipinski definition) is 6. The average Bonchev–Trinajstić information content (AvgIpc) is 2.70. The van der Waals surface area contributed by atoms with Gasteiger partial charge in [-0.1, -0.05) is 0 Å². The summed E-state index contributed by atoms with van der Waals surface area (Å²) in [6.45, 7) is 0. The van der Waals surface area contributed by atoms with Crippen LogP contribution in [-0.4, -0.2) is 29.3 Å². The topological polar surface area (TPSA) is 114 Å². The number of carbonyl (C=O) groups is 2. The van der Waals surface area contributed by atoms with Crippen molar-refractivity contribution in [1.29, 1.82) is 0 Å². The molecule has 144 valence electrons. The van der Waals surface area contributed by atoms with Crippen molar-refractivity contribution in [2.45, 2.75) is 0 Å². The summed E-state index contributed by atoms with van der Waals surface area (Å²) in [5, 5.41) is 19.8. The van der Waals surface area contributed by atoms with Crippen molar-refractivity contribution in [2.75, 3.05) is 7.11 Å². The molecule has 2 N–H and O–H groups in total. The van der Waals surface area contributed by atoms with Gasteiger partial charge in [0.25, 0.3) is 0 Å². The summed E-state index contributed by atoms with van der Waals surface area (Å²) in [6.07, 6.45) is 0. The average molecular weight is 390 g/mol. The molecule has 2 aromatic carbocycles. The first-order chi connectivity index (χ1) is 13.9. The van der Waals surface area contributed by atoms with Crippen molar-refractivity contribution < 1.29 is 29.0 Å². The minimum absolute atomic E-state index is 0.0195. The zero-order chi connectivity index (χ0) is 20.7. The number of fused-ring (bicyclic) bond motifs is 2. The van der Waals surface area contributed by atoms with E-state index >= 15 is 0 Å². The number of phenolic OH excluding ortho intramolecular Hbond substituents is 1. The van der Waals surface area contributed by atoms with E-state index in [9.17, 15) is 24.6 Å². The molecule has 29 heavy (non-hydrogen) atoms. The Hall–Kier alpha value is -4.13. The molecule has 7 heteroatoms. The molecule has 2 aliphatic rings. The monoisotopic (exact) mass is 390 g/mol. The molecule has 0 unspecified atom stereocenters. The highest BCUT2D eigenvalue weighted by Crippen LogP contribution is 2.42. The Balaban J connectivity index is 2.20. The number of carboxylic acids is 1. The molecule has 0 bridgehead atoms. The second kappa shape index (κ2) is 6.79. The third kappa shape index (κ3) is 3.08. The van der Waals surface area contributed by atoms with E-state index in [2.05, 4.69) is 0 Å². The number of aromatic carboxylic acids is 1. The second-order valence-corrected chi connectivity index (χ2v) is 6.37. The lowest BCUT2D eigenvalue weighted by molar-refractivity contribution is 0.0599. The van der Waals surface area contributed by atoms with Crippen molar-refractivity contribution in [3.05, 3.63) is 75.9 Å². The predicted octanol–water partition coefficient (Wildman–Crippen LogP) is 3.76. The highest BCUT2D eigenvalue weighted by atomic mass is 16.5. The minimum atomic E-state index is -1.16. The number of ether oxygens (including phenoxy) is 1. The van der Waals surface area contributed by atoms with Crippen LogP contribution in [0.4, 0.5) is 0 Å². The maximum Gasteiger partial charge on any atom is 0.338 e. The van der Waals surface area contributed by atoms with Crippen LogP contribution in [0, 0.1) is 0 Å². The molecule has 0 saturated carbocycles. The van der Waals surface area contributed by atoms with Gasteiger partial charge in [0.15, 0.2) is 5.43 Å². The minimum Gasteiger partial charge on any atom is -0.508 e. The number of carboxylic acid groups (broad SMARTS) is 1. The fourth-order valence-electron chi connectivity index (χ4n) is 3.32. The quantitative estimate of drug-likeness (QED) is 0.404. The van der Waals surface area contributed by atoms with Gasteiger partial charge in [-0.05, 0) is 48.0 Å². The molecule has 0 aromatic heterocycles. The number of methoxy groups -OCH3 is 1. The van der Waals surface area contributed by atoms with Crippen molar-refractivity contribution in [2.24, 2.45) is 0 Å². The van der Waals surface area contributed by atoms with Gasteiger partial charge in [0.1, 0.15) is 17.1 Å². The van der Waals surface area contributed by atoms with Gasteiger partial charge in [-0.2, -0.15) is 0 Å². The molecule has 0 radical (unpaired) electrons. The van der Waals surface area contributed by atoms with Crippen LogP contribution in [0.3, 0.4) is 0 Å². The zero-order valence-corrected chi connectivity index (χ0v) is 15.1. The standard InChI is InChI=1S/C22H14O7/c1-28-22(27)14-5-2-11(21(25)26)8-17(14)20-15-6-3-12(23)9-18(15)29-19-10-13(24)4-7-16(19)20/h2-10,23H,1H3,(H,25,26). The van der Waals surface area contributed by atoms with Gasteiger partial charge >= 0.3 is 11.9 Å². The Morgan fingerprint density at radius 1 is 0.966 bits per heavy atom. The number of aromatic hydroxyl groups is 1. The van der Waals surface area contributed by atoms with Crippen LogP contribution in [-0.2, 0) is 4.74 Å². The van der Waals surface area contributed by atoms with Gasteiger partial charge in [0, 0.05) is 28.6 Å². The second-order valence-electron chi connectivity index (χ2n) is 6.37. The Labute approximate surface area is 163 Å². The maximum absolute atomic E-state index is 12.4. The van der Waals surface area contributed by atoms with Crippen LogP contribution >= 0.6 is 0 Å². The highest BCUT2D eigenvalue weighted by molar-refractivity contribution is 6.09. The van der Waals surface area contributed by atoms with Crippen LogP contribution in [0.1, 0.15) is 20.7 Å². The van der Waals surface area contributed by atoms with E-state index in [1.54, 1.807) is 12.1 Å². The summed E-state index contributed by atoms with van der Waals surface area (Å²) < 4.78 is 10.6. The Kier molecular flexibility index (Phi) is 4.27.